The minimum Gasteiger partial charge on any atom is -0.504 e. The Morgan fingerprint density at radius 1 is 1.00 bits per heavy atom. The third kappa shape index (κ3) is 3.23. The number of rotatable bonds is 3. The molecule has 2 aromatic rings. The van der Waals surface area contributed by atoms with Gasteiger partial charge in [0.1, 0.15) is 5.82 Å². The summed E-state index contributed by atoms with van der Waals surface area (Å²) in [5.74, 6) is -5.92. The first kappa shape index (κ1) is 25.8. The van der Waals surface area contributed by atoms with Gasteiger partial charge in [0.25, 0.3) is 11.8 Å². The Labute approximate surface area is 232 Å². The lowest BCUT2D eigenvalue weighted by molar-refractivity contribution is -0.138. The van der Waals surface area contributed by atoms with E-state index in [2.05, 4.69) is 0 Å². The quantitative estimate of drug-likeness (QED) is 0.341. The summed E-state index contributed by atoms with van der Waals surface area (Å²) in [6.45, 7) is 0. The van der Waals surface area contributed by atoms with Gasteiger partial charge in [0.05, 0.1) is 24.6 Å². The van der Waals surface area contributed by atoms with Gasteiger partial charge in [-0.15, -0.1) is 23.2 Å². The maximum atomic E-state index is 14.2. The van der Waals surface area contributed by atoms with Gasteiger partial charge in [-0.1, -0.05) is 17.7 Å². The van der Waals surface area contributed by atoms with Crippen LogP contribution in [0, 0.1) is 23.6 Å². The molecule has 2 aliphatic heterocycles. The molecule has 2 aromatic carbocycles. The maximum absolute atomic E-state index is 14.2. The molecule has 4 amide bonds. The molecule has 6 rings (SSSR count). The number of carbonyl (C=O) groups excluding carboxylic acids is 4. The largest absolute Gasteiger partial charge is 0.504 e. The number of anilines is 1. The number of imide groups is 2. The van der Waals surface area contributed by atoms with E-state index in [1.165, 1.54) is 38.4 Å². The Bertz CT molecular complexity index is 1500. The highest BCUT2D eigenvalue weighted by Gasteiger charge is 2.76. The summed E-state index contributed by atoms with van der Waals surface area (Å²) in [4.78, 5) is 52.3. The number of hydrogen-bond acceptors (Lipinski definition) is 6. The molecule has 39 heavy (non-hydrogen) atoms. The first-order valence-corrected chi connectivity index (χ1v) is 13.1. The third-order valence-corrected chi connectivity index (χ3v) is 10.1. The van der Waals surface area contributed by atoms with Crippen LogP contribution in [0.25, 0.3) is 0 Å². The lowest BCUT2D eigenvalue weighted by Crippen LogP contribution is -2.60. The van der Waals surface area contributed by atoms with Crippen LogP contribution in [0.4, 0.5) is 10.1 Å². The fourth-order valence-corrected chi connectivity index (χ4v) is 7.74. The molecular weight excluding hydrogens is 550 g/mol. The summed E-state index contributed by atoms with van der Waals surface area (Å²) in [6.07, 6.45) is 1.91. The molecule has 0 unspecified atom stereocenters. The third-order valence-electron chi connectivity index (χ3n) is 8.65. The van der Waals surface area contributed by atoms with Crippen molar-refractivity contribution in [2.24, 2.45) is 17.8 Å². The van der Waals surface area contributed by atoms with E-state index in [0.29, 0.717) is 11.1 Å². The molecule has 2 heterocycles. The first-order chi connectivity index (χ1) is 18.5. The van der Waals surface area contributed by atoms with Crippen molar-refractivity contribution >= 4 is 52.5 Å². The van der Waals surface area contributed by atoms with Gasteiger partial charge in [-0.2, -0.15) is 0 Å². The Morgan fingerprint density at radius 2 is 1.69 bits per heavy atom. The fourth-order valence-electron chi connectivity index (χ4n) is 6.80. The molecule has 1 N–H and O–H groups in total. The van der Waals surface area contributed by atoms with Gasteiger partial charge in [0.15, 0.2) is 21.2 Å². The predicted octanol–water partition coefficient (Wildman–Crippen LogP) is 3.73. The molecule has 6 atom stereocenters. The van der Waals surface area contributed by atoms with Crippen molar-refractivity contribution in [3.05, 3.63) is 65.5 Å². The van der Waals surface area contributed by atoms with Crippen LogP contribution < -0.4 is 9.64 Å². The van der Waals surface area contributed by atoms with E-state index in [9.17, 15) is 28.7 Å². The van der Waals surface area contributed by atoms with Crippen LogP contribution >= 0.6 is 23.2 Å². The van der Waals surface area contributed by atoms with Gasteiger partial charge >= 0.3 is 0 Å². The Morgan fingerprint density at radius 3 is 2.36 bits per heavy atom. The number of phenols is 1. The van der Waals surface area contributed by atoms with Gasteiger partial charge < -0.3 is 9.84 Å². The standard InChI is InChI=1S/C28H23Cl2FN2O6/c1-32-23(35)17-9-8-16-18(21(17)24(32)36)12-27(29)25(37)33(15-6-4-14(31)5-7-15)26(38)28(27,30)22(16)13-3-10-19(34)20(11-13)39-2/h3-8,10-11,17-18,21-22,34H,9,12H2,1-2H3/t17-,18+,21-,22-,27+,28-/m0/s1. The number of alkyl halides is 2. The molecule has 2 aliphatic carbocycles. The average Bonchev–Trinajstić information content (AvgIpc) is 3.23. The highest BCUT2D eigenvalue weighted by molar-refractivity contribution is 6.58. The summed E-state index contributed by atoms with van der Waals surface area (Å²) >= 11 is 14.5. The molecule has 2 saturated heterocycles. The van der Waals surface area contributed by atoms with Crippen molar-refractivity contribution in [3.63, 3.8) is 0 Å². The molecule has 3 fully saturated rings. The normalized spacial score (nSPS) is 33.6. The Balaban J connectivity index is 1.58. The molecule has 1 saturated carbocycles. The van der Waals surface area contributed by atoms with Crippen molar-refractivity contribution in [1.82, 2.24) is 4.90 Å². The molecule has 4 aliphatic rings. The summed E-state index contributed by atoms with van der Waals surface area (Å²) in [7, 11) is 2.80. The Hall–Kier alpha value is -3.43. The molecule has 202 valence electrons. The minimum absolute atomic E-state index is 0.101. The van der Waals surface area contributed by atoms with Crippen LogP contribution in [0.1, 0.15) is 24.3 Å². The predicted molar refractivity (Wildman–Crippen MR) is 139 cm³/mol. The molecule has 0 bridgehead atoms. The molecule has 0 radical (unpaired) electrons. The monoisotopic (exact) mass is 572 g/mol. The van der Waals surface area contributed by atoms with Crippen LogP contribution in [-0.4, -0.2) is 57.5 Å². The highest BCUT2D eigenvalue weighted by atomic mass is 35.5. The number of amides is 4. The van der Waals surface area contributed by atoms with Gasteiger partial charge in [-0.25, -0.2) is 9.29 Å². The number of ether oxygens (including phenoxy) is 1. The number of fused-ring (bicyclic) bond motifs is 4. The van der Waals surface area contributed by atoms with Crippen LogP contribution in [0.5, 0.6) is 11.5 Å². The van der Waals surface area contributed by atoms with Gasteiger partial charge in [0, 0.05) is 13.0 Å². The number of allylic oxidation sites excluding steroid dienone is 2. The SMILES string of the molecule is COc1cc([C@H]2C3=CC[C@@H]4C(=O)N(C)C(=O)[C@@H]4[C@@H]3C[C@@]3(Cl)C(=O)N(c4ccc(F)cc4)C(=O)[C@@]23Cl)ccc1O. The van der Waals surface area contributed by atoms with Crippen molar-refractivity contribution in [2.45, 2.75) is 28.5 Å². The average molecular weight is 573 g/mol. The van der Waals surface area contributed by atoms with Gasteiger partial charge in [-0.3, -0.25) is 24.1 Å². The fraction of sp³-hybridized carbons (Fsp3) is 0.357. The molecule has 0 aromatic heterocycles. The second-order valence-corrected chi connectivity index (χ2v) is 11.7. The molecule has 11 heteroatoms. The zero-order chi connectivity index (χ0) is 28.0. The summed E-state index contributed by atoms with van der Waals surface area (Å²) in [6, 6.07) is 9.28. The van der Waals surface area contributed by atoms with Crippen LogP contribution in [-0.2, 0) is 19.2 Å². The van der Waals surface area contributed by atoms with Crippen molar-refractivity contribution < 1.29 is 33.4 Å². The lowest BCUT2D eigenvalue weighted by Gasteiger charge is -2.50. The van der Waals surface area contributed by atoms with Crippen molar-refractivity contribution in [1.29, 1.82) is 0 Å². The van der Waals surface area contributed by atoms with Gasteiger partial charge in [0.2, 0.25) is 11.8 Å². The number of likely N-dealkylation sites (tertiary alicyclic amines) is 1. The minimum atomic E-state index is -2.05. The first-order valence-electron chi connectivity index (χ1n) is 12.4. The van der Waals surface area contributed by atoms with E-state index in [1.807, 2.05) is 6.08 Å². The van der Waals surface area contributed by atoms with E-state index in [4.69, 9.17) is 27.9 Å². The number of halogens is 3. The van der Waals surface area contributed by atoms with Gasteiger partial charge in [-0.05, 0) is 60.7 Å². The van der Waals surface area contributed by atoms with Crippen LogP contribution in [0.15, 0.2) is 54.1 Å². The van der Waals surface area contributed by atoms with E-state index < -0.39 is 51.1 Å². The summed E-state index contributed by atoms with van der Waals surface area (Å²) in [5.41, 5.74) is 1.16. The number of hydrogen-bond donors (Lipinski definition) is 1. The Kier molecular flexibility index (Phi) is 5.65. The maximum Gasteiger partial charge on any atom is 0.258 e. The molecule has 0 spiro atoms. The van der Waals surface area contributed by atoms with E-state index in [-0.39, 0.29) is 41.8 Å². The zero-order valence-electron chi connectivity index (χ0n) is 20.9. The van der Waals surface area contributed by atoms with Crippen molar-refractivity contribution in [3.8, 4) is 11.5 Å². The topological polar surface area (TPSA) is 104 Å². The second-order valence-electron chi connectivity index (χ2n) is 10.4. The number of aromatic hydroxyl groups is 1. The van der Waals surface area contributed by atoms with E-state index >= 15 is 0 Å². The number of phenolic OH excluding ortho intramolecular Hbond substituents is 1. The van der Waals surface area contributed by atoms with Crippen LogP contribution in [0.2, 0.25) is 0 Å². The number of carbonyl (C=O) groups is 4. The number of benzene rings is 2. The lowest BCUT2D eigenvalue weighted by atomic mass is 9.56. The number of nitrogens with zero attached hydrogens (tertiary/aromatic N) is 2. The zero-order valence-corrected chi connectivity index (χ0v) is 22.4. The summed E-state index contributed by atoms with van der Waals surface area (Å²) < 4.78 is 19.0. The molecule has 8 nitrogen and oxygen atoms in total. The molecular formula is C28H23Cl2FN2O6. The summed E-state index contributed by atoms with van der Waals surface area (Å²) in [5, 5.41) is 10.2. The highest BCUT2D eigenvalue weighted by Crippen LogP contribution is 2.66. The van der Waals surface area contributed by atoms with Crippen LogP contribution in [0.3, 0.4) is 0 Å². The van der Waals surface area contributed by atoms with Crippen molar-refractivity contribution in [2.75, 3.05) is 19.1 Å². The van der Waals surface area contributed by atoms with E-state index in [0.717, 1.165) is 21.9 Å². The van der Waals surface area contributed by atoms with E-state index in [1.54, 1.807) is 6.07 Å². The smallest absolute Gasteiger partial charge is 0.258 e. The number of methoxy groups -OCH3 is 1. The second kappa shape index (κ2) is 8.53.